The molecule has 1 aliphatic heterocycles. The van der Waals surface area contributed by atoms with Gasteiger partial charge in [0.2, 0.25) is 0 Å². The lowest BCUT2D eigenvalue weighted by Crippen LogP contribution is -2.55. The van der Waals surface area contributed by atoms with Gasteiger partial charge < -0.3 is 5.11 Å². The van der Waals surface area contributed by atoms with Crippen LogP contribution in [0.5, 0.6) is 0 Å². The summed E-state index contributed by atoms with van der Waals surface area (Å²) in [6.07, 6.45) is 1.20. The average Bonchev–Trinajstić information content (AvgIpc) is 2.61. The molecule has 0 spiro atoms. The van der Waals surface area contributed by atoms with Gasteiger partial charge in [-0.1, -0.05) is 22.0 Å². The van der Waals surface area contributed by atoms with E-state index in [0.29, 0.717) is 6.54 Å². The van der Waals surface area contributed by atoms with Gasteiger partial charge in [-0.25, -0.2) is 0 Å². The van der Waals surface area contributed by atoms with Gasteiger partial charge in [-0.05, 0) is 19.1 Å². The third-order valence-electron chi connectivity index (χ3n) is 3.50. The predicted molar refractivity (Wildman–Crippen MR) is 67.5 cm³/mol. The van der Waals surface area contributed by atoms with Crippen LogP contribution >= 0.6 is 15.9 Å². The molecule has 1 amide bonds. The first-order valence-electron chi connectivity index (χ1n) is 5.45. The van der Waals surface area contributed by atoms with Crippen LogP contribution in [0.1, 0.15) is 19.8 Å². The lowest BCUT2D eigenvalue weighted by molar-refractivity contribution is 0.144. The minimum atomic E-state index is -0.747. The largest absolute Gasteiger partial charge is 0.518 e. The van der Waals surface area contributed by atoms with Crippen LogP contribution < -0.4 is 4.48 Å². The van der Waals surface area contributed by atoms with Crippen molar-refractivity contribution >= 4 is 27.7 Å². The third kappa shape index (κ3) is 1.66. The summed E-state index contributed by atoms with van der Waals surface area (Å²) in [6.45, 7) is 2.70. The van der Waals surface area contributed by atoms with Gasteiger partial charge in [0.25, 0.3) is 0 Å². The highest BCUT2D eigenvalue weighted by Crippen LogP contribution is 2.35. The second-order valence-corrected chi connectivity index (χ2v) is 5.26. The summed E-state index contributed by atoms with van der Waals surface area (Å²) in [6, 6.07) is 7.78. The Labute approximate surface area is 103 Å². The molecule has 2 atom stereocenters. The molecule has 1 aliphatic rings. The topological polar surface area (TPSA) is 37.3 Å². The highest BCUT2D eigenvalue weighted by Gasteiger charge is 2.48. The van der Waals surface area contributed by atoms with Crippen LogP contribution in [0.2, 0.25) is 0 Å². The number of amides is 1. The van der Waals surface area contributed by atoms with Crippen LogP contribution in [-0.4, -0.2) is 23.8 Å². The van der Waals surface area contributed by atoms with Gasteiger partial charge in [-0.2, -0.15) is 9.28 Å². The predicted octanol–water partition coefficient (Wildman–Crippen LogP) is 3.62. The number of carbonyl (C=O) groups is 1. The molecule has 1 aromatic rings. The molecular weight excluding hydrogens is 270 g/mol. The SMILES string of the molecule is C[C@@H]1CCC[N+]1(C(=O)O)c1cccc(Br)c1. The normalized spacial score (nSPS) is 29.2. The summed E-state index contributed by atoms with van der Waals surface area (Å²) in [5, 5.41) is 9.54. The number of carboxylic acid groups (broad SMARTS) is 1. The van der Waals surface area contributed by atoms with E-state index >= 15 is 0 Å². The first kappa shape index (κ1) is 11.6. The average molecular weight is 285 g/mol. The van der Waals surface area contributed by atoms with Gasteiger partial charge in [-0.3, -0.25) is 0 Å². The molecule has 16 heavy (non-hydrogen) atoms. The molecule has 0 bridgehead atoms. The minimum Gasteiger partial charge on any atom is -0.435 e. The summed E-state index contributed by atoms with van der Waals surface area (Å²) < 4.78 is 1.00. The number of halogens is 1. The van der Waals surface area contributed by atoms with Crippen molar-refractivity contribution in [3.8, 4) is 0 Å². The summed E-state index contributed by atoms with van der Waals surface area (Å²) in [5.41, 5.74) is 0.867. The van der Waals surface area contributed by atoms with Crippen molar-refractivity contribution < 1.29 is 9.90 Å². The maximum absolute atomic E-state index is 11.6. The van der Waals surface area contributed by atoms with Crippen molar-refractivity contribution in [2.75, 3.05) is 6.54 Å². The van der Waals surface area contributed by atoms with Gasteiger partial charge in [0.15, 0.2) is 0 Å². The van der Waals surface area contributed by atoms with Crippen LogP contribution in [-0.2, 0) is 0 Å². The molecule has 1 aromatic carbocycles. The second-order valence-electron chi connectivity index (χ2n) is 4.35. The number of hydrogen-bond acceptors (Lipinski definition) is 1. The molecule has 1 saturated heterocycles. The van der Waals surface area contributed by atoms with E-state index in [1.165, 1.54) is 0 Å². The molecule has 2 rings (SSSR count). The monoisotopic (exact) mass is 284 g/mol. The Hall–Kier alpha value is -0.870. The van der Waals surface area contributed by atoms with Crippen LogP contribution in [0.4, 0.5) is 10.5 Å². The van der Waals surface area contributed by atoms with Crippen LogP contribution in [0, 0.1) is 0 Å². The summed E-state index contributed by atoms with van der Waals surface area (Å²) in [4.78, 5) is 11.6. The minimum absolute atomic E-state index is 0.0689. The van der Waals surface area contributed by atoms with Crippen molar-refractivity contribution in [1.29, 1.82) is 0 Å². The van der Waals surface area contributed by atoms with Gasteiger partial charge in [0.1, 0.15) is 11.7 Å². The Balaban J connectivity index is 2.52. The number of quaternary nitrogens is 1. The van der Waals surface area contributed by atoms with E-state index in [9.17, 15) is 9.90 Å². The zero-order valence-corrected chi connectivity index (χ0v) is 10.8. The van der Waals surface area contributed by atoms with Crippen molar-refractivity contribution in [2.24, 2.45) is 0 Å². The van der Waals surface area contributed by atoms with E-state index in [0.717, 1.165) is 23.0 Å². The van der Waals surface area contributed by atoms with Crippen LogP contribution in [0.25, 0.3) is 0 Å². The Morgan fingerprint density at radius 1 is 1.56 bits per heavy atom. The molecule has 0 aliphatic carbocycles. The van der Waals surface area contributed by atoms with Gasteiger partial charge in [0, 0.05) is 23.4 Å². The summed E-state index contributed by atoms with van der Waals surface area (Å²) in [5.74, 6) is 0. The fraction of sp³-hybridized carbons (Fsp3) is 0.417. The second kappa shape index (κ2) is 4.18. The summed E-state index contributed by atoms with van der Waals surface area (Å²) in [7, 11) is 0. The number of benzene rings is 1. The van der Waals surface area contributed by atoms with Gasteiger partial charge in [-0.15, -0.1) is 0 Å². The fourth-order valence-electron chi connectivity index (χ4n) is 2.58. The zero-order valence-electron chi connectivity index (χ0n) is 9.19. The number of nitrogens with zero attached hydrogens (tertiary/aromatic N) is 1. The molecule has 0 aromatic heterocycles. The standard InChI is InChI=1S/C12H14BrNO2/c1-9-4-3-7-14(9,12(15)16)11-6-2-5-10(13)8-11/h2,5-6,8-9H,3-4,7H2,1H3/p+1/t9-,14?/m1/s1. The Bertz CT molecular complexity index is 421. The van der Waals surface area contributed by atoms with E-state index < -0.39 is 6.09 Å². The molecule has 0 radical (unpaired) electrons. The quantitative estimate of drug-likeness (QED) is 0.800. The van der Waals surface area contributed by atoms with Crippen molar-refractivity contribution in [1.82, 2.24) is 4.48 Å². The van der Waals surface area contributed by atoms with Crippen molar-refractivity contribution in [3.63, 3.8) is 0 Å². The highest BCUT2D eigenvalue weighted by atomic mass is 79.9. The van der Waals surface area contributed by atoms with Crippen molar-refractivity contribution in [3.05, 3.63) is 28.7 Å². The van der Waals surface area contributed by atoms with E-state index in [-0.39, 0.29) is 10.5 Å². The van der Waals surface area contributed by atoms with Crippen molar-refractivity contribution in [2.45, 2.75) is 25.8 Å². The van der Waals surface area contributed by atoms with Gasteiger partial charge in [0.05, 0.1) is 6.54 Å². The fourth-order valence-corrected chi connectivity index (χ4v) is 2.97. The Morgan fingerprint density at radius 2 is 2.31 bits per heavy atom. The van der Waals surface area contributed by atoms with Crippen LogP contribution in [0.15, 0.2) is 28.7 Å². The first-order valence-corrected chi connectivity index (χ1v) is 6.24. The molecular formula is C12H15BrNO2+. The first-order chi connectivity index (χ1) is 7.57. The third-order valence-corrected chi connectivity index (χ3v) is 3.99. The van der Waals surface area contributed by atoms with E-state index in [4.69, 9.17) is 0 Å². The molecule has 0 saturated carbocycles. The molecule has 4 heteroatoms. The maximum atomic E-state index is 11.6. The Kier molecular flexibility index (Phi) is 3.04. The van der Waals surface area contributed by atoms with E-state index in [1.807, 2.05) is 31.2 Å². The molecule has 1 fully saturated rings. The lowest BCUT2D eigenvalue weighted by Gasteiger charge is -2.31. The smallest absolute Gasteiger partial charge is 0.435 e. The lowest BCUT2D eigenvalue weighted by atomic mass is 10.2. The molecule has 1 unspecified atom stereocenters. The molecule has 3 nitrogen and oxygen atoms in total. The number of rotatable bonds is 1. The van der Waals surface area contributed by atoms with E-state index in [2.05, 4.69) is 15.9 Å². The van der Waals surface area contributed by atoms with Crippen LogP contribution in [0.3, 0.4) is 0 Å². The Morgan fingerprint density at radius 3 is 2.81 bits per heavy atom. The number of hydrogen-bond donors (Lipinski definition) is 1. The zero-order chi connectivity index (χ0) is 11.8. The highest BCUT2D eigenvalue weighted by molar-refractivity contribution is 9.10. The maximum Gasteiger partial charge on any atom is 0.518 e. The molecule has 1 heterocycles. The molecule has 86 valence electrons. The summed E-state index contributed by atoms with van der Waals surface area (Å²) >= 11 is 3.40. The molecule has 1 N–H and O–H groups in total. The van der Waals surface area contributed by atoms with E-state index in [1.54, 1.807) is 0 Å². The van der Waals surface area contributed by atoms with Gasteiger partial charge >= 0.3 is 6.09 Å². The number of likely N-dealkylation sites (tertiary alicyclic amines) is 1.